The Morgan fingerprint density at radius 1 is 1.12 bits per heavy atom. The predicted molar refractivity (Wildman–Crippen MR) is 97.7 cm³/mol. The van der Waals surface area contributed by atoms with Crippen molar-refractivity contribution in [2.45, 2.75) is 26.3 Å². The molecule has 6 nitrogen and oxygen atoms in total. The molecule has 1 fully saturated rings. The number of likely N-dealkylation sites (tertiary alicyclic amines) is 1. The van der Waals surface area contributed by atoms with Gasteiger partial charge in [0.15, 0.2) is 11.5 Å². The van der Waals surface area contributed by atoms with E-state index >= 15 is 0 Å². The average molecular weight is 358 g/mol. The van der Waals surface area contributed by atoms with E-state index in [9.17, 15) is 9.59 Å². The van der Waals surface area contributed by atoms with Gasteiger partial charge >= 0.3 is 0 Å². The van der Waals surface area contributed by atoms with Gasteiger partial charge in [0.05, 0.1) is 32.2 Å². The molecule has 26 heavy (non-hydrogen) atoms. The number of allylic oxidation sites excluding steroid dienone is 2. The van der Waals surface area contributed by atoms with Crippen LogP contribution in [-0.4, -0.2) is 49.0 Å². The van der Waals surface area contributed by atoms with Gasteiger partial charge in [-0.15, -0.1) is 0 Å². The van der Waals surface area contributed by atoms with Gasteiger partial charge in [-0.1, -0.05) is 18.2 Å². The fourth-order valence-electron chi connectivity index (χ4n) is 3.70. The normalized spacial score (nSPS) is 22.1. The Bertz CT molecular complexity index is 690. The number of nitrogens with zero attached hydrogens (tertiary/aromatic N) is 2. The van der Waals surface area contributed by atoms with Crippen molar-refractivity contribution in [1.82, 2.24) is 9.80 Å². The van der Waals surface area contributed by atoms with Crippen molar-refractivity contribution in [3.8, 4) is 11.5 Å². The molecule has 1 heterocycles. The van der Waals surface area contributed by atoms with Gasteiger partial charge in [-0.3, -0.25) is 19.4 Å². The monoisotopic (exact) mass is 358 g/mol. The van der Waals surface area contributed by atoms with Crippen molar-refractivity contribution in [2.24, 2.45) is 11.8 Å². The van der Waals surface area contributed by atoms with Gasteiger partial charge in [-0.05, 0) is 44.5 Å². The molecule has 0 saturated carbocycles. The molecule has 0 radical (unpaired) electrons. The van der Waals surface area contributed by atoms with E-state index in [2.05, 4.69) is 0 Å². The van der Waals surface area contributed by atoms with E-state index in [4.69, 9.17) is 9.47 Å². The van der Waals surface area contributed by atoms with Crippen LogP contribution in [0.5, 0.6) is 11.5 Å². The van der Waals surface area contributed by atoms with Crippen LogP contribution in [0.15, 0.2) is 30.4 Å². The van der Waals surface area contributed by atoms with Gasteiger partial charge < -0.3 is 9.47 Å². The number of rotatable bonds is 7. The fourth-order valence-corrected chi connectivity index (χ4v) is 3.70. The maximum atomic E-state index is 12.6. The molecular weight excluding hydrogens is 332 g/mol. The minimum Gasteiger partial charge on any atom is -0.493 e. The van der Waals surface area contributed by atoms with Crippen LogP contribution in [0.1, 0.15) is 25.3 Å². The van der Waals surface area contributed by atoms with Crippen LogP contribution in [-0.2, 0) is 16.1 Å². The Labute approximate surface area is 154 Å². The van der Waals surface area contributed by atoms with E-state index in [1.807, 2.05) is 49.2 Å². The van der Waals surface area contributed by atoms with Gasteiger partial charge in [0.25, 0.3) is 0 Å². The third kappa shape index (κ3) is 3.60. The summed E-state index contributed by atoms with van der Waals surface area (Å²) in [7, 11) is 3.52. The van der Waals surface area contributed by atoms with Crippen LogP contribution in [0.2, 0.25) is 0 Å². The summed E-state index contributed by atoms with van der Waals surface area (Å²) in [6, 6.07) is 5.79. The van der Waals surface area contributed by atoms with Crippen LogP contribution < -0.4 is 9.47 Å². The second-order valence-corrected chi connectivity index (χ2v) is 6.83. The average Bonchev–Trinajstić information content (AvgIpc) is 2.88. The fraction of sp³-hybridized carbons (Fsp3) is 0.500. The van der Waals surface area contributed by atoms with E-state index in [1.165, 1.54) is 4.90 Å². The highest BCUT2D eigenvalue weighted by Crippen LogP contribution is 2.35. The van der Waals surface area contributed by atoms with Crippen LogP contribution in [0.25, 0.3) is 0 Å². The van der Waals surface area contributed by atoms with E-state index in [0.29, 0.717) is 44.2 Å². The summed E-state index contributed by atoms with van der Waals surface area (Å²) in [6.45, 7) is 3.41. The first-order chi connectivity index (χ1) is 12.5. The maximum Gasteiger partial charge on any atom is 0.234 e. The van der Waals surface area contributed by atoms with E-state index in [-0.39, 0.29) is 23.7 Å². The second kappa shape index (κ2) is 7.91. The van der Waals surface area contributed by atoms with Crippen molar-refractivity contribution in [3.63, 3.8) is 0 Å². The molecule has 3 rings (SSSR count). The van der Waals surface area contributed by atoms with Gasteiger partial charge in [-0.25, -0.2) is 0 Å². The zero-order valence-corrected chi connectivity index (χ0v) is 15.6. The van der Waals surface area contributed by atoms with Crippen molar-refractivity contribution in [1.29, 1.82) is 0 Å². The first kappa shape index (κ1) is 18.5. The number of carbonyl (C=O) groups excluding carboxylic acids is 2. The molecule has 1 aromatic rings. The summed E-state index contributed by atoms with van der Waals surface area (Å²) >= 11 is 0. The molecule has 1 aliphatic carbocycles. The largest absolute Gasteiger partial charge is 0.493 e. The zero-order valence-electron chi connectivity index (χ0n) is 15.6. The quantitative estimate of drug-likeness (QED) is 0.553. The number of hydrogen-bond donors (Lipinski definition) is 0. The number of imide groups is 1. The molecule has 2 aliphatic rings. The van der Waals surface area contributed by atoms with Crippen molar-refractivity contribution in [2.75, 3.05) is 27.4 Å². The number of hydrogen-bond acceptors (Lipinski definition) is 5. The van der Waals surface area contributed by atoms with Crippen molar-refractivity contribution in [3.05, 3.63) is 35.9 Å². The zero-order chi connectivity index (χ0) is 18.7. The molecular formula is C20H26N2O4. The SMILES string of the molecule is CCOc1ccc(CN(C)CN2C(=O)C3CC=CCC3C2=O)cc1OC. The van der Waals surface area contributed by atoms with Gasteiger partial charge in [0.1, 0.15) is 0 Å². The lowest BCUT2D eigenvalue weighted by Gasteiger charge is -2.23. The third-order valence-corrected chi connectivity index (χ3v) is 4.96. The van der Waals surface area contributed by atoms with Crippen LogP contribution in [0.3, 0.4) is 0 Å². The van der Waals surface area contributed by atoms with Gasteiger partial charge in [-0.2, -0.15) is 0 Å². The van der Waals surface area contributed by atoms with E-state index in [0.717, 1.165) is 5.56 Å². The molecule has 1 aromatic carbocycles. The summed E-state index contributed by atoms with van der Waals surface area (Å²) in [5.41, 5.74) is 1.03. The summed E-state index contributed by atoms with van der Waals surface area (Å²) in [5, 5.41) is 0. The highest BCUT2D eigenvalue weighted by atomic mass is 16.5. The Kier molecular flexibility index (Phi) is 5.61. The minimum absolute atomic E-state index is 0.0412. The van der Waals surface area contributed by atoms with Gasteiger partial charge in [0, 0.05) is 6.54 Å². The summed E-state index contributed by atoms with van der Waals surface area (Å²) in [5.74, 6) is 0.963. The molecule has 2 amide bonds. The predicted octanol–water partition coefficient (Wildman–Crippen LogP) is 2.43. The molecule has 2 atom stereocenters. The smallest absolute Gasteiger partial charge is 0.234 e. The molecule has 1 aliphatic heterocycles. The number of fused-ring (bicyclic) bond motifs is 1. The summed E-state index contributed by atoms with van der Waals surface area (Å²) in [4.78, 5) is 28.5. The maximum absolute atomic E-state index is 12.6. The Morgan fingerprint density at radius 2 is 1.77 bits per heavy atom. The van der Waals surface area contributed by atoms with Crippen molar-refractivity contribution < 1.29 is 19.1 Å². The molecule has 1 saturated heterocycles. The highest BCUT2D eigenvalue weighted by Gasteiger charge is 2.47. The number of amides is 2. The first-order valence-corrected chi connectivity index (χ1v) is 9.03. The van der Waals surface area contributed by atoms with Crippen LogP contribution >= 0.6 is 0 Å². The standard InChI is InChI=1S/C20H26N2O4/c1-4-26-17-10-9-14(11-18(17)25-3)12-21(2)13-22-19(23)15-7-5-6-8-16(15)20(22)24/h5-6,9-11,15-16H,4,7-8,12-13H2,1-3H3. The summed E-state index contributed by atoms with van der Waals surface area (Å²) < 4.78 is 10.9. The van der Waals surface area contributed by atoms with Crippen molar-refractivity contribution >= 4 is 11.8 Å². The second-order valence-electron chi connectivity index (χ2n) is 6.83. The molecule has 140 valence electrons. The molecule has 0 aromatic heterocycles. The van der Waals surface area contributed by atoms with E-state index < -0.39 is 0 Å². The number of benzene rings is 1. The molecule has 0 spiro atoms. The first-order valence-electron chi connectivity index (χ1n) is 9.03. The lowest BCUT2D eigenvalue weighted by Crippen LogP contribution is -2.40. The lowest BCUT2D eigenvalue weighted by molar-refractivity contribution is -0.142. The summed E-state index contributed by atoms with van der Waals surface area (Å²) in [6.07, 6.45) is 5.36. The van der Waals surface area contributed by atoms with Gasteiger partial charge in [0.2, 0.25) is 11.8 Å². The van der Waals surface area contributed by atoms with Crippen LogP contribution in [0, 0.1) is 11.8 Å². The number of methoxy groups -OCH3 is 1. The minimum atomic E-state index is -0.175. The number of carbonyl (C=O) groups is 2. The Balaban J connectivity index is 1.65. The third-order valence-electron chi connectivity index (χ3n) is 4.96. The molecule has 6 heteroatoms. The highest BCUT2D eigenvalue weighted by molar-refractivity contribution is 6.05. The number of ether oxygens (including phenoxy) is 2. The lowest BCUT2D eigenvalue weighted by atomic mass is 9.85. The molecule has 0 bridgehead atoms. The Hall–Kier alpha value is -2.34. The molecule has 0 N–H and O–H groups in total. The Morgan fingerprint density at radius 3 is 2.35 bits per heavy atom. The van der Waals surface area contributed by atoms with E-state index in [1.54, 1.807) is 7.11 Å². The topological polar surface area (TPSA) is 59.1 Å². The molecule has 2 unspecified atom stereocenters. The van der Waals surface area contributed by atoms with Crippen LogP contribution in [0.4, 0.5) is 0 Å².